The third-order valence-electron chi connectivity index (χ3n) is 2.43. The maximum absolute atomic E-state index is 12.1. The quantitative estimate of drug-likeness (QED) is 0.830. The van der Waals surface area contributed by atoms with E-state index in [1.54, 1.807) is 11.4 Å². The topological polar surface area (TPSA) is 57.6 Å². The minimum Gasteiger partial charge on any atom is -0.392 e. The fraction of sp³-hybridized carbons (Fsp3) is 0.400. The van der Waals surface area contributed by atoms with Crippen molar-refractivity contribution < 1.29 is 13.5 Å². The average Bonchev–Trinajstić information content (AvgIpc) is 2.79. The van der Waals surface area contributed by atoms with E-state index in [9.17, 15) is 8.42 Å². The van der Waals surface area contributed by atoms with Crippen LogP contribution in [0.25, 0.3) is 0 Å². The molecule has 1 N–H and O–H groups in total. The summed E-state index contributed by atoms with van der Waals surface area (Å²) in [5, 5.41) is 10.6. The average molecular weight is 259 g/mol. The smallest absolute Gasteiger partial charge is 0.252 e. The third-order valence-corrected chi connectivity index (χ3v) is 5.76. The molecule has 6 heteroatoms. The Morgan fingerprint density at radius 3 is 2.81 bits per heavy atom. The molecule has 0 aliphatic carbocycles. The van der Waals surface area contributed by atoms with Crippen molar-refractivity contribution in [3.8, 4) is 0 Å². The molecule has 1 aliphatic rings. The van der Waals surface area contributed by atoms with Crippen LogP contribution < -0.4 is 0 Å². The molecule has 0 spiro atoms. The van der Waals surface area contributed by atoms with Crippen molar-refractivity contribution in [3.63, 3.8) is 0 Å². The van der Waals surface area contributed by atoms with Gasteiger partial charge in [-0.05, 0) is 23.4 Å². The molecule has 1 aliphatic heterocycles. The zero-order valence-electron chi connectivity index (χ0n) is 8.67. The molecule has 2 rings (SSSR count). The molecule has 0 aromatic carbocycles. The van der Waals surface area contributed by atoms with Gasteiger partial charge in [0.1, 0.15) is 4.21 Å². The van der Waals surface area contributed by atoms with Crippen LogP contribution in [0.2, 0.25) is 0 Å². The van der Waals surface area contributed by atoms with E-state index in [2.05, 4.69) is 0 Å². The normalized spacial score (nSPS) is 17.8. The van der Waals surface area contributed by atoms with E-state index in [-0.39, 0.29) is 6.61 Å². The third kappa shape index (κ3) is 2.20. The Balaban J connectivity index is 2.27. The van der Waals surface area contributed by atoms with E-state index in [4.69, 9.17) is 5.11 Å². The predicted octanol–water partition coefficient (Wildman–Crippen LogP) is 1.19. The van der Waals surface area contributed by atoms with Crippen molar-refractivity contribution in [3.05, 3.63) is 29.2 Å². The lowest BCUT2D eigenvalue weighted by molar-refractivity contribution is 0.282. The Morgan fingerprint density at radius 2 is 2.25 bits per heavy atom. The zero-order valence-corrected chi connectivity index (χ0v) is 10.3. The van der Waals surface area contributed by atoms with Crippen molar-refractivity contribution in [1.82, 2.24) is 4.31 Å². The van der Waals surface area contributed by atoms with Crippen molar-refractivity contribution >= 4 is 21.4 Å². The summed E-state index contributed by atoms with van der Waals surface area (Å²) in [5.41, 5.74) is 0.649. The van der Waals surface area contributed by atoms with Crippen LogP contribution in [0.5, 0.6) is 0 Å². The lowest BCUT2D eigenvalue weighted by Gasteiger charge is -2.21. The number of hydrogen-bond acceptors (Lipinski definition) is 4. The lowest BCUT2D eigenvalue weighted by Crippen LogP contribution is -2.33. The standard InChI is InChI=1S/C10H13NO3S2/c12-7-9-6-10(15-8-9)16(13,14)11-4-2-1-3-5-11/h1-2,6,8,12H,3-5,7H2. The van der Waals surface area contributed by atoms with Crippen LogP contribution in [-0.4, -0.2) is 30.9 Å². The van der Waals surface area contributed by atoms with Gasteiger partial charge in [0.05, 0.1) is 6.61 Å². The van der Waals surface area contributed by atoms with Crippen LogP contribution in [0.4, 0.5) is 0 Å². The summed E-state index contributed by atoms with van der Waals surface area (Å²) < 4.78 is 26.0. The van der Waals surface area contributed by atoms with Crippen molar-refractivity contribution in [2.45, 2.75) is 17.2 Å². The highest BCUT2D eigenvalue weighted by molar-refractivity contribution is 7.91. The van der Waals surface area contributed by atoms with Gasteiger partial charge in [-0.1, -0.05) is 12.2 Å². The molecule has 88 valence electrons. The minimum atomic E-state index is -3.36. The van der Waals surface area contributed by atoms with E-state index in [0.29, 0.717) is 22.9 Å². The molecule has 0 bridgehead atoms. The molecule has 4 nitrogen and oxygen atoms in total. The second-order valence-electron chi connectivity index (χ2n) is 3.56. The molecule has 1 aromatic rings. The summed E-state index contributed by atoms with van der Waals surface area (Å²) in [4.78, 5) is 0. The number of sulfonamides is 1. The van der Waals surface area contributed by atoms with Crippen LogP contribution in [0.15, 0.2) is 27.8 Å². The number of aliphatic hydroxyl groups is 1. The Hall–Kier alpha value is -0.690. The molecule has 0 radical (unpaired) electrons. The predicted molar refractivity (Wildman–Crippen MR) is 62.8 cm³/mol. The van der Waals surface area contributed by atoms with Gasteiger partial charge in [0.2, 0.25) is 0 Å². The summed E-state index contributed by atoms with van der Waals surface area (Å²) in [6, 6.07) is 1.54. The molecule has 0 unspecified atom stereocenters. The van der Waals surface area contributed by atoms with E-state index in [1.165, 1.54) is 4.31 Å². The van der Waals surface area contributed by atoms with Gasteiger partial charge < -0.3 is 5.11 Å². The number of nitrogens with zero attached hydrogens (tertiary/aromatic N) is 1. The van der Waals surface area contributed by atoms with E-state index in [0.717, 1.165) is 17.8 Å². The second-order valence-corrected chi connectivity index (χ2v) is 6.63. The molecule has 2 heterocycles. The van der Waals surface area contributed by atoms with Gasteiger partial charge in [-0.2, -0.15) is 4.31 Å². The first-order chi connectivity index (χ1) is 7.64. The summed E-state index contributed by atoms with van der Waals surface area (Å²) in [7, 11) is -3.36. The monoisotopic (exact) mass is 259 g/mol. The van der Waals surface area contributed by atoms with Gasteiger partial charge in [0.25, 0.3) is 10.0 Å². The molecule has 0 atom stereocenters. The summed E-state index contributed by atoms with van der Waals surface area (Å²) >= 11 is 1.16. The number of aliphatic hydroxyl groups excluding tert-OH is 1. The van der Waals surface area contributed by atoms with Crippen molar-refractivity contribution in [1.29, 1.82) is 0 Å². The fourth-order valence-corrected chi connectivity index (χ4v) is 4.30. The van der Waals surface area contributed by atoms with Gasteiger partial charge in [-0.25, -0.2) is 8.42 Å². The Morgan fingerprint density at radius 1 is 1.44 bits per heavy atom. The van der Waals surface area contributed by atoms with Crippen molar-refractivity contribution in [2.24, 2.45) is 0 Å². The SMILES string of the molecule is O=S(=O)(c1cc(CO)cs1)N1CC=CCC1. The van der Waals surface area contributed by atoms with Gasteiger partial charge in [-0.15, -0.1) is 11.3 Å². The number of rotatable bonds is 3. The number of thiophene rings is 1. The largest absolute Gasteiger partial charge is 0.392 e. The summed E-state index contributed by atoms with van der Waals surface area (Å²) in [6.07, 6.45) is 4.61. The summed E-state index contributed by atoms with van der Waals surface area (Å²) in [5.74, 6) is 0. The van der Waals surface area contributed by atoms with E-state index >= 15 is 0 Å². The van der Waals surface area contributed by atoms with Crippen LogP contribution in [0.1, 0.15) is 12.0 Å². The van der Waals surface area contributed by atoms with Crippen LogP contribution in [0, 0.1) is 0 Å². The summed E-state index contributed by atoms with van der Waals surface area (Å²) in [6.45, 7) is 0.853. The van der Waals surface area contributed by atoms with E-state index in [1.807, 2.05) is 12.2 Å². The molecular formula is C10H13NO3S2. The second kappa shape index (κ2) is 4.67. The molecule has 0 saturated carbocycles. The van der Waals surface area contributed by atoms with Gasteiger partial charge >= 0.3 is 0 Å². The molecule has 16 heavy (non-hydrogen) atoms. The molecule has 0 amide bonds. The molecule has 1 aromatic heterocycles. The lowest BCUT2D eigenvalue weighted by atomic mass is 10.3. The first-order valence-electron chi connectivity index (χ1n) is 4.98. The highest BCUT2D eigenvalue weighted by atomic mass is 32.2. The highest BCUT2D eigenvalue weighted by Crippen LogP contribution is 2.24. The molecule has 0 saturated heterocycles. The van der Waals surface area contributed by atoms with Gasteiger partial charge in [-0.3, -0.25) is 0 Å². The van der Waals surface area contributed by atoms with E-state index < -0.39 is 10.0 Å². The van der Waals surface area contributed by atoms with Crippen LogP contribution in [-0.2, 0) is 16.6 Å². The zero-order chi connectivity index (χ0) is 11.6. The molecular weight excluding hydrogens is 246 g/mol. The van der Waals surface area contributed by atoms with Crippen LogP contribution >= 0.6 is 11.3 Å². The fourth-order valence-electron chi connectivity index (χ4n) is 1.54. The van der Waals surface area contributed by atoms with Gasteiger partial charge in [0, 0.05) is 13.1 Å². The maximum atomic E-state index is 12.1. The molecule has 0 fully saturated rings. The minimum absolute atomic E-state index is 0.119. The highest BCUT2D eigenvalue weighted by Gasteiger charge is 2.25. The first-order valence-corrected chi connectivity index (χ1v) is 7.30. The maximum Gasteiger partial charge on any atom is 0.252 e. The van der Waals surface area contributed by atoms with Gasteiger partial charge in [0.15, 0.2) is 0 Å². The van der Waals surface area contributed by atoms with Crippen LogP contribution in [0.3, 0.4) is 0 Å². The Bertz CT molecular complexity index is 490. The Labute approximate surface area is 98.9 Å². The number of hydrogen-bond donors (Lipinski definition) is 1. The van der Waals surface area contributed by atoms with Crippen molar-refractivity contribution in [2.75, 3.05) is 13.1 Å². The Kier molecular flexibility index (Phi) is 3.44. The first kappa shape index (κ1) is 11.8.